The summed E-state index contributed by atoms with van der Waals surface area (Å²) in [5.41, 5.74) is 7.69. The van der Waals surface area contributed by atoms with E-state index in [1.165, 1.54) is 17.6 Å². The number of hydrogen-bond acceptors (Lipinski definition) is 5. The third-order valence-corrected chi connectivity index (χ3v) is 3.56. The van der Waals surface area contributed by atoms with Gasteiger partial charge in [0.25, 0.3) is 5.91 Å². The highest BCUT2D eigenvalue weighted by Crippen LogP contribution is 2.27. The van der Waals surface area contributed by atoms with Gasteiger partial charge in [-0.25, -0.2) is 4.98 Å². The first-order chi connectivity index (χ1) is 9.11. The van der Waals surface area contributed by atoms with E-state index in [4.69, 9.17) is 10.2 Å². The van der Waals surface area contributed by atoms with Crippen LogP contribution in [-0.4, -0.2) is 10.9 Å². The number of carbonyl (C=O) groups excluding carboxylic acids is 1. The van der Waals surface area contributed by atoms with Crippen molar-refractivity contribution in [3.63, 3.8) is 0 Å². The first-order valence-corrected chi connectivity index (χ1v) is 6.46. The van der Waals surface area contributed by atoms with Crippen molar-refractivity contribution in [1.29, 1.82) is 0 Å². The lowest BCUT2D eigenvalue weighted by atomic mass is 10.3. The highest BCUT2D eigenvalue weighted by molar-refractivity contribution is 7.22. The number of carbonyl (C=O) groups is 1. The third kappa shape index (κ3) is 2.30. The minimum absolute atomic E-state index is 0.233. The molecule has 5 nitrogen and oxygen atoms in total. The van der Waals surface area contributed by atoms with Crippen LogP contribution in [-0.2, 0) is 0 Å². The number of furan rings is 1. The molecule has 0 aliphatic rings. The minimum Gasteiger partial charge on any atom is -0.469 e. The van der Waals surface area contributed by atoms with Crippen molar-refractivity contribution in [2.75, 3.05) is 11.1 Å². The summed E-state index contributed by atoms with van der Waals surface area (Å²) in [6, 6.07) is 7.14. The lowest BCUT2D eigenvalue weighted by Gasteiger charge is -1.96. The number of thiazole rings is 1. The largest absolute Gasteiger partial charge is 0.469 e. The molecule has 1 aromatic carbocycles. The smallest absolute Gasteiger partial charge is 0.260 e. The summed E-state index contributed by atoms with van der Waals surface area (Å²) in [7, 11) is 0. The van der Waals surface area contributed by atoms with Gasteiger partial charge in [-0.3, -0.25) is 10.1 Å². The van der Waals surface area contributed by atoms with E-state index in [-0.39, 0.29) is 5.91 Å². The van der Waals surface area contributed by atoms with Crippen molar-refractivity contribution in [3.8, 4) is 0 Å². The van der Waals surface area contributed by atoms with Crippen molar-refractivity contribution in [1.82, 2.24) is 4.98 Å². The fourth-order valence-corrected chi connectivity index (χ4v) is 2.64. The molecule has 0 aliphatic carbocycles. The van der Waals surface area contributed by atoms with Crippen molar-refractivity contribution in [2.24, 2.45) is 0 Å². The minimum atomic E-state index is -0.233. The molecule has 0 unspecified atom stereocenters. The zero-order chi connectivity index (χ0) is 13.4. The maximum absolute atomic E-state index is 11.9. The quantitative estimate of drug-likeness (QED) is 0.703. The van der Waals surface area contributed by atoms with E-state index in [0.717, 1.165) is 10.2 Å². The molecule has 2 heterocycles. The molecule has 6 heteroatoms. The molecule has 19 heavy (non-hydrogen) atoms. The molecule has 3 N–H and O–H groups in total. The molecule has 0 bridgehead atoms. The number of benzene rings is 1. The van der Waals surface area contributed by atoms with E-state index in [1.807, 2.05) is 12.1 Å². The molecule has 0 aliphatic heterocycles. The van der Waals surface area contributed by atoms with Crippen LogP contribution in [0.3, 0.4) is 0 Å². The second-order valence-corrected chi connectivity index (χ2v) is 5.18. The van der Waals surface area contributed by atoms with Gasteiger partial charge < -0.3 is 10.2 Å². The molecule has 0 radical (unpaired) electrons. The average molecular weight is 273 g/mol. The molecule has 96 valence electrons. The van der Waals surface area contributed by atoms with Gasteiger partial charge in [-0.2, -0.15) is 0 Å². The van der Waals surface area contributed by atoms with Gasteiger partial charge in [-0.15, -0.1) is 0 Å². The summed E-state index contributed by atoms with van der Waals surface area (Å²) in [4.78, 5) is 16.3. The van der Waals surface area contributed by atoms with Crippen LogP contribution in [0.25, 0.3) is 10.2 Å². The first-order valence-electron chi connectivity index (χ1n) is 5.64. The average Bonchev–Trinajstić information content (AvgIpc) is 2.94. The van der Waals surface area contributed by atoms with Crippen LogP contribution in [0.15, 0.2) is 34.9 Å². The van der Waals surface area contributed by atoms with E-state index in [1.54, 1.807) is 19.1 Å². The summed E-state index contributed by atoms with van der Waals surface area (Å²) in [5, 5.41) is 3.29. The first kappa shape index (κ1) is 11.7. The zero-order valence-electron chi connectivity index (χ0n) is 10.1. The number of rotatable bonds is 2. The Bertz CT molecular complexity index is 760. The molecule has 3 aromatic rings. The topological polar surface area (TPSA) is 81.2 Å². The van der Waals surface area contributed by atoms with Crippen LogP contribution in [0, 0.1) is 6.92 Å². The monoisotopic (exact) mass is 273 g/mol. The van der Waals surface area contributed by atoms with Gasteiger partial charge >= 0.3 is 0 Å². The van der Waals surface area contributed by atoms with E-state index in [0.29, 0.717) is 22.1 Å². The number of nitrogens with one attached hydrogen (secondary N) is 1. The van der Waals surface area contributed by atoms with Crippen molar-refractivity contribution in [2.45, 2.75) is 6.92 Å². The van der Waals surface area contributed by atoms with E-state index < -0.39 is 0 Å². The molecule has 2 aromatic heterocycles. The number of hydrogen-bond donors (Lipinski definition) is 2. The lowest BCUT2D eigenvalue weighted by Crippen LogP contribution is -2.10. The molecule has 0 spiro atoms. The summed E-state index contributed by atoms with van der Waals surface area (Å²) in [5.74, 6) is 0.464. The Labute approximate surface area is 113 Å². The number of nitrogens with two attached hydrogens (primary N) is 1. The van der Waals surface area contributed by atoms with Gasteiger partial charge in [-0.1, -0.05) is 11.3 Å². The van der Waals surface area contributed by atoms with Gasteiger partial charge in [0.15, 0.2) is 5.13 Å². The fraction of sp³-hybridized carbons (Fsp3) is 0.0769. The van der Waals surface area contributed by atoms with Crippen LogP contribution < -0.4 is 11.1 Å². The Balaban J connectivity index is 1.87. The maximum atomic E-state index is 11.9. The molecular formula is C13H11N3O2S. The maximum Gasteiger partial charge on any atom is 0.260 e. The van der Waals surface area contributed by atoms with Crippen LogP contribution >= 0.6 is 11.3 Å². The summed E-state index contributed by atoms with van der Waals surface area (Å²) >= 11 is 1.39. The second kappa shape index (κ2) is 4.40. The van der Waals surface area contributed by atoms with Gasteiger partial charge in [0.2, 0.25) is 0 Å². The number of fused-ring (bicyclic) bond motifs is 1. The Morgan fingerprint density at radius 3 is 3.00 bits per heavy atom. The van der Waals surface area contributed by atoms with Crippen LogP contribution in [0.4, 0.5) is 10.8 Å². The molecular weight excluding hydrogens is 262 g/mol. The van der Waals surface area contributed by atoms with Crippen molar-refractivity contribution in [3.05, 3.63) is 41.9 Å². The van der Waals surface area contributed by atoms with Gasteiger partial charge in [0.05, 0.1) is 15.8 Å². The molecule has 0 fully saturated rings. The number of anilines is 2. The van der Waals surface area contributed by atoms with Crippen LogP contribution in [0.1, 0.15) is 16.1 Å². The predicted molar refractivity (Wildman–Crippen MR) is 75.4 cm³/mol. The van der Waals surface area contributed by atoms with Crippen LogP contribution in [0.5, 0.6) is 0 Å². The number of aryl methyl sites for hydroxylation is 1. The number of nitrogen functional groups attached to an aromatic ring is 1. The number of amides is 1. The zero-order valence-corrected chi connectivity index (χ0v) is 11.0. The van der Waals surface area contributed by atoms with Crippen molar-refractivity contribution >= 4 is 38.3 Å². The van der Waals surface area contributed by atoms with E-state index in [9.17, 15) is 4.79 Å². The van der Waals surface area contributed by atoms with E-state index in [2.05, 4.69) is 10.3 Å². The standard InChI is InChI=1S/C13H11N3O2S/c1-7-4-8(6-18-7)12(17)16-13-15-10-3-2-9(14)5-11(10)19-13/h2-6H,14H2,1H3,(H,15,16,17). The van der Waals surface area contributed by atoms with Crippen molar-refractivity contribution < 1.29 is 9.21 Å². The Morgan fingerprint density at radius 2 is 2.26 bits per heavy atom. The SMILES string of the molecule is Cc1cc(C(=O)Nc2nc3ccc(N)cc3s2)co1. The Hall–Kier alpha value is -2.34. The lowest BCUT2D eigenvalue weighted by molar-refractivity contribution is 0.102. The number of nitrogens with zero attached hydrogens (tertiary/aromatic N) is 1. The third-order valence-electron chi connectivity index (χ3n) is 2.63. The second-order valence-electron chi connectivity index (χ2n) is 4.15. The van der Waals surface area contributed by atoms with E-state index >= 15 is 0 Å². The molecule has 3 rings (SSSR count). The molecule has 0 saturated heterocycles. The van der Waals surface area contributed by atoms with Gasteiger partial charge in [0, 0.05) is 5.69 Å². The normalized spacial score (nSPS) is 10.8. The summed E-state index contributed by atoms with van der Waals surface area (Å²) in [6.45, 7) is 1.79. The highest BCUT2D eigenvalue weighted by atomic mass is 32.1. The van der Waals surface area contributed by atoms with Gasteiger partial charge in [0.1, 0.15) is 12.0 Å². The summed E-state index contributed by atoms with van der Waals surface area (Å²) < 4.78 is 6.05. The molecule has 0 atom stereocenters. The highest BCUT2D eigenvalue weighted by Gasteiger charge is 2.11. The number of aromatic nitrogens is 1. The molecule has 1 amide bonds. The predicted octanol–water partition coefficient (Wildman–Crippen LogP) is 3.03. The molecule has 0 saturated carbocycles. The Morgan fingerprint density at radius 1 is 1.42 bits per heavy atom. The fourth-order valence-electron chi connectivity index (χ4n) is 1.73. The summed E-state index contributed by atoms with van der Waals surface area (Å²) in [6.07, 6.45) is 1.43. The van der Waals surface area contributed by atoms with Gasteiger partial charge in [-0.05, 0) is 31.2 Å². The Kier molecular flexibility index (Phi) is 2.72. The van der Waals surface area contributed by atoms with Crippen LogP contribution in [0.2, 0.25) is 0 Å².